The van der Waals surface area contributed by atoms with E-state index in [1.165, 1.54) is 0 Å². The molecule has 1 fully saturated rings. The van der Waals surface area contributed by atoms with Crippen LogP contribution in [0.5, 0.6) is 5.75 Å². The van der Waals surface area contributed by atoms with Crippen LogP contribution in [0.4, 0.5) is 0 Å². The summed E-state index contributed by atoms with van der Waals surface area (Å²) in [7, 11) is -1.28. The Morgan fingerprint density at radius 3 is 2.75 bits per heavy atom. The van der Waals surface area contributed by atoms with Crippen molar-refractivity contribution in [3.63, 3.8) is 0 Å². The zero-order valence-electron chi connectivity index (χ0n) is 13.9. The van der Waals surface area contributed by atoms with Gasteiger partial charge in [-0.15, -0.1) is 0 Å². The van der Waals surface area contributed by atoms with Crippen LogP contribution in [0.25, 0.3) is 10.8 Å². The Hall–Kier alpha value is -1.63. The van der Waals surface area contributed by atoms with Crippen LogP contribution in [-0.4, -0.2) is 51.3 Å². The monoisotopic (exact) mass is 350 g/mol. The molecule has 0 spiro atoms. The lowest BCUT2D eigenvalue weighted by Crippen LogP contribution is -3.15. The number of sulfone groups is 1. The molecule has 1 unspecified atom stereocenters. The van der Waals surface area contributed by atoms with Crippen molar-refractivity contribution in [1.82, 2.24) is 0 Å². The minimum Gasteiger partial charge on any atom is -0.507 e. The van der Waals surface area contributed by atoms with Gasteiger partial charge >= 0.3 is 0 Å². The van der Waals surface area contributed by atoms with Crippen LogP contribution in [0.2, 0.25) is 0 Å². The molecule has 24 heavy (non-hydrogen) atoms. The molecule has 3 rings (SSSR count). The van der Waals surface area contributed by atoms with Gasteiger partial charge in [0.05, 0.1) is 17.9 Å². The van der Waals surface area contributed by atoms with E-state index in [1.54, 1.807) is 13.2 Å². The maximum atomic E-state index is 11.9. The molecule has 2 atom stereocenters. The highest BCUT2D eigenvalue weighted by Crippen LogP contribution is 2.26. The van der Waals surface area contributed by atoms with E-state index in [-0.39, 0.29) is 23.3 Å². The number of rotatable bonds is 6. The molecule has 2 aromatic rings. The largest absolute Gasteiger partial charge is 0.507 e. The van der Waals surface area contributed by atoms with E-state index in [2.05, 4.69) is 0 Å². The molecule has 6 heteroatoms. The molecule has 130 valence electrons. The highest BCUT2D eigenvalue weighted by Gasteiger charge is 2.35. The summed E-state index contributed by atoms with van der Waals surface area (Å²) in [5, 5.41) is 12.5. The Kier molecular flexibility index (Phi) is 5.08. The average Bonchev–Trinajstić information content (AvgIpc) is 2.93. The first kappa shape index (κ1) is 17.2. The lowest BCUT2D eigenvalue weighted by Gasteiger charge is -2.25. The zero-order valence-corrected chi connectivity index (χ0v) is 14.7. The number of methoxy groups -OCH3 is 1. The summed E-state index contributed by atoms with van der Waals surface area (Å²) in [6.07, 6.45) is 0.674. The van der Waals surface area contributed by atoms with Gasteiger partial charge in [0.2, 0.25) is 0 Å². The van der Waals surface area contributed by atoms with Crippen molar-refractivity contribution < 1.29 is 23.2 Å². The standard InChI is InChI=1S/C18H23NO4S/c1-23-10-9-19(15-8-11-24(21,22)13-15)12-17-16-5-3-2-4-14(16)6-7-18(17)20/h2-7,15,20H,8-13H2,1H3/p+1/t15-/m1/s1. The molecular weight excluding hydrogens is 326 g/mol. The second-order valence-corrected chi connectivity index (χ2v) is 8.69. The van der Waals surface area contributed by atoms with Gasteiger partial charge in [-0.2, -0.15) is 0 Å². The number of aromatic hydroxyl groups is 1. The molecule has 1 aliphatic rings. The average molecular weight is 350 g/mol. The van der Waals surface area contributed by atoms with E-state index in [0.717, 1.165) is 27.8 Å². The Morgan fingerprint density at radius 2 is 2.04 bits per heavy atom. The van der Waals surface area contributed by atoms with Crippen LogP contribution < -0.4 is 4.90 Å². The Morgan fingerprint density at radius 1 is 1.25 bits per heavy atom. The first-order valence-corrected chi connectivity index (χ1v) is 10.1. The third kappa shape index (κ3) is 3.71. The van der Waals surface area contributed by atoms with Crippen LogP contribution >= 0.6 is 0 Å². The van der Waals surface area contributed by atoms with Crippen molar-refractivity contribution in [2.45, 2.75) is 19.0 Å². The molecule has 2 aromatic carbocycles. The second kappa shape index (κ2) is 7.09. The molecule has 5 nitrogen and oxygen atoms in total. The van der Waals surface area contributed by atoms with Crippen molar-refractivity contribution in [3.05, 3.63) is 42.0 Å². The fourth-order valence-electron chi connectivity index (χ4n) is 3.52. The third-order valence-electron chi connectivity index (χ3n) is 4.86. The van der Waals surface area contributed by atoms with Crippen molar-refractivity contribution in [1.29, 1.82) is 0 Å². The quantitative estimate of drug-likeness (QED) is 0.807. The number of hydrogen-bond acceptors (Lipinski definition) is 4. The summed E-state index contributed by atoms with van der Waals surface area (Å²) in [4.78, 5) is 1.16. The van der Waals surface area contributed by atoms with Crippen LogP contribution in [0.3, 0.4) is 0 Å². The highest BCUT2D eigenvalue weighted by molar-refractivity contribution is 7.91. The van der Waals surface area contributed by atoms with Gasteiger partial charge in [0.25, 0.3) is 0 Å². The Balaban J connectivity index is 1.91. The summed E-state index contributed by atoms with van der Waals surface area (Å²) in [6.45, 7) is 1.88. The molecule has 0 bridgehead atoms. The topological polar surface area (TPSA) is 68.0 Å². The summed E-state index contributed by atoms with van der Waals surface area (Å²) in [5.74, 6) is 0.747. The fourth-order valence-corrected chi connectivity index (χ4v) is 5.35. The summed E-state index contributed by atoms with van der Waals surface area (Å²) in [5.41, 5.74) is 0.878. The van der Waals surface area contributed by atoms with Gasteiger partial charge < -0.3 is 14.7 Å². The number of phenolic OH excluding ortho intramolecular Hbond substituents is 1. The van der Waals surface area contributed by atoms with Gasteiger partial charge in [-0.25, -0.2) is 8.42 Å². The second-order valence-electron chi connectivity index (χ2n) is 6.46. The SMILES string of the molecule is COCC[NH+](Cc1c(O)ccc2ccccc12)[C@@H]1CCS(=O)(=O)C1. The number of hydrogen-bond donors (Lipinski definition) is 2. The van der Waals surface area contributed by atoms with Crippen molar-refractivity contribution in [2.75, 3.05) is 31.8 Å². The van der Waals surface area contributed by atoms with E-state index in [1.807, 2.05) is 30.3 Å². The zero-order chi connectivity index (χ0) is 17.2. The van der Waals surface area contributed by atoms with Crippen LogP contribution in [0, 0.1) is 0 Å². The van der Waals surface area contributed by atoms with Crippen LogP contribution in [-0.2, 0) is 21.1 Å². The van der Waals surface area contributed by atoms with Gasteiger partial charge in [0, 0.05) is 13.5 Å². The minimum absolute atomic E-state index is 0.0588. The lowest BCUT2D eigenvalue weighted by atomic mass is 10.0. The number of phenols is 1. The number of benzene rings is 2. The van der Waals surface area contributed by atoms with E-state index >= 15 is 0 Å². The summed E-state index contributed by atoms with van der Waals surface area (Å²) >= 11 is 0. The van der Waals surface area contributed by atoms with E-state index in [0.29, 0.717) is 19.6 Å². The molecule has 1 aliphatic heterocycles. The number of quaternary nitrogens is 1. The minimum atomic E-state index is -2.93. The van der Waals surface area contributed by atoms with Gasteiger partial charge in [0.15, 0.2) is 9.84 Å². The normalized spacial score (nSPS) is 21.1. The number of fused-ring (bicyclic) bond motifs is 1. The molecule has 0 aromatic heterocycles. The molecule has 1 heterocycles. The maximum Gasteiger partial charge on any atom is 0.156 e. The molecule has 0 aliphatic carbocycles. The van der Waals surface area contributed by atoms with E-state index in [9.17, 15) is 13.5 Å². The third-order valence-corrected chi connectivity index (χ3v) is 6.62. The smallest absolute Gasteiger partial charge is 0.156 e. The van der Waals surface area contributed by atoms with Gasteiger partial charge in [0.1, 0.15) is 30.6 Å². The first-order valence-electron chi connectivity index (χ1n) is 8.24. The van der Waals surface area contributed by atoms with Gasteiger partial charge in [-0.05, 0) is 16.8 Å². The van der Waals surface area contributed by atoms with Crippen molar-refractivity contribution in [3.8, 4) is 5.75 Å². The molecule has 0 radical (unpaired) electrons. The molecule has 1 saturated heterocycles. The van der Waals surface area contributed by atoms with Crippen LogP contribution in [0.15, 0.2) is 36.4 Å². The number of ether oxygens (including phenoxy) is 1. The Bertz CT molecular complexity index is 819. The molecule has 0 saturated carbocycles. The predicted molar refractivity (Wildman–Crippen MR) is 94.1 cm³/mol. The van der Waals surface area contributed by atoms with Crippen molar-refractivity contribution >= 4 is 20.6 Å². The van der Waals surface area contributed by atoms with E-state index in [4.69, 9.17) is 4.74 Å². The van der Waals surface area contributed by atoms with Crippen molar-refractivity contribution in [2.24, 2.45) is 0 Å². The first-order chi connectivity index (χ1) is 11.5. The van der Waals surface area contributed by atoms with Gasteiger partial charge in [-0.3, -0.25) is 0 Å². The lowest BCUT2D eigenvalue weighted by molar-refractivity contribution is -0.935. The fraction of sp³-hybridized carbons (Fsp3) is 0.444. The number of nitrogens with one attached hydrogen (secondary N) is 1. The van der Waals surface area contributed by atoms with E-state index < -0.39 is 9.84 Å². The molecular formula is C18H24NO4S+. The molecule has 2 N–H and O–H groups in total. The summed E-state index contributed by atoms with van der Waals surface area (Å²) in [6, 6.07) is 11.6. The van der Waals surface area contributed by atoms with Gasteiger partial charge in [-0.1, -0.05) is 30.3 Å². The molecule has 0 amide bonds. The summed E-state index contributed by atoms with van der Waals surface area (Å²) < 4.78 is 28.9. The Labute approximate surface area is 142 Å². The maximum absolute atomic E-state index is 11.9. The predicted octanol–water partition coefficient (Wildman–Crippen LogP) is 0.764. The van der Waals surface area contributed by atoms with Crippen LogP contribution in [0.1, 0.15) is 12.0 Å². The highest BCUT2D eigenvalue weighted by atomic mass is 32.2.